The topological polar surface area (TPSA) is 78.2 Å². The first kappa shape index (κ1) is 25.2. The van der Waals surface area contributed by atoms with Gasteiger partial charge in [0.1, 0.15) is 11.1 Å². The number of rotatable bonds is 5. The Bertz CT molecular complexity index is 1660. The molecule has 4 aliphatic rings. The third-order valence-corrected chi connectivity index (χ3v) is 11.1. The summed E-state index contributed by atoms with van der Waals surface area (Å²) in [6, 6.07) is 22.1. The number of aryl methyl sites for hydroxylation is 1. The summed E-state index contributed by atoms with van der Waals surface area (Å²) in [5.41, 5.74) is 2.80. The van der Waals surface area contributed by atoms with Gasteiger partial charge in [-0.25, -0.2) is 4.90 Å². The Morgan fingerprint density at radius 2 is 1.50 bits per heavy atom. The SMILES string of the molecule is CCC[C@]12C(=O)[C@@](C)(C(c3ccccc3)=C1c1ccccc1)[C@@H]1C(=O)N(c3sc4c(c3C#N)CCCC4)C(=O)[C@@H]12. The Labute approximate surface area is 238 Å². The summed E-state index contributed by atoms with van der Waals surface area (Å²) in [6.45, 7) is 3.93. The van der Waals surface area contributed by atoms with Crippen LogP contribution in [0.1, 0.15) is 66.7 Å². The molecule has 0 unspecified atom stereocenters. The van der Waals surface area contributed by atoms with Crippen molar-refractivity contribution < 1.29 is 14.4 Å². The zero-order valence-corrected chi connectivity index (χ0v) is 23.5. The van der Waals surface area contributed by atoms with Crippen molar-refractivity contribution in [1.29, 1.82) is 5.26 Å². The molecule has 2 amide bonds. The molecule has 1 saturated carbocycles. The molecular formula is C34H30N2O3S. The van der Waals surface area contributed by atoms with Crippen LogP contribution in [0, 0.1) is 34.0 Å². The van der Waals surface area contributed by atoms with Gasteiger partial charge in [0.05, 0.1) is 28.2 Å². The number of hydrogen-bond acceptors (Lipinski definition) is 5. The van der Waals surface area contributed by atoms with Gasteiger partial charge >= 0.3 is 0 Å². The number of carbonyl (C=O) groups is 3. The van der Waals surface area contributed by atoms with Crippen LogP contribution in [0.15, 0.2) is 60.7 Å². The largest absolute Gasteiger partial charge is 0.298 e. The minimum absolute atomic E-state index is 0.0121. The molecule has 40 heavy (non-hydrogen) atoms. The van der Waals surface area contributed by atoms with E-state index in [2.05, 4.69) is 6.07 Å². The number of hydrogen-bond donors (Lipinski definition) is 0. The number of benzene rings is 2. The highest BCUT2D eigenvalue weighted by molar-refractivity contribution is 7.17. The molecule has 2 bridgehead atoms. The summed E-state index contributed by atoms with van der Waals surface area (Å²) in [4.78, 5) is 46.3. The van der Waals surface area contributed by atoms with Crippen molar-refractivity contribution in [1.82, 2.24) is 0 Å². The fourth-order valence-electron chi connectivity index (χ4n) is 8.38. The number of anilines is 1. The van der Waals surface area contributed by atoms with Crippen LogP contribution in [0.3, 0.4) is 0 Å². The van der Waals surface area contributed by atoms with Crippen molar-refractivity contribution in [2.75, 3.05) is 4.90 Å². The fraction of sp³-hybridized carbons (Fsp3) is 0.353. The number of nitriles is 1. The highest BCUT2D eigenvalue weighted by Crippen LogP contribution is 2.75. The lowest BCUT2D eigenvalue weighted by Gasteiger charge is -2.37. The zero-order valence-electron chi connectivity index (χ0n) is 22.7. The molecule has 2 fully saturated rings. The average Bonchev–Trinajstić information content (AvgIpc) is 3.60. The first-order valence-corrected chi connectivity index (χ1v) is 15.1. The second-order valence-corrected chi connectivity index (χ2v) is 12.8. The van der Waals surface area contributed by atoms with Crippen LogP contribution >= 0.6 is 11.3 Å². The van der Waals surface area contributed by atoms with Crippen molar-refractivity contribution in [3.8, 4) is 6.07 Å². The maximum absolute atomic E-state index is 14.8. The number of allylic oxidation sites excluding steroid dienone is 2. The Hall–Kier alpha value is -3.82. The fourth-order valence-corrected chi connectivity index (χ4v) is 9.73. The number of ketones is 1. The Morgan fingerprint density at radius 1 is 0.900 bits per heavy atom. The minimum Gasteiger partial charge on any atom is -0.298 e. The molecule has 0 radical (unpaired) electrons. The predicted octanol–water partition coefficient (Wildman–Crippen LogP) is 6.60. The molecule has 0 N–H and O–H groups in total. The number of imide groups is 1. The van der Waals surface area contributed by atoms with E-state index in [4.69, 9.17) is 0 Å². The lowest BCUT2D eigenvalue weighted by atomic mass is 9.61. The molecule has 2 aromatic carbocycles. The number of Topliss-reactive ketones (excluding diaryl/α,β-unsaturated/α-hetero) is 1. The van der Waals surface area contributed by atoms with E-state index in [1.807, 2.05) is 74.5 Å². The maximum Gasteiger partial charge on any atom is 0.239 e. The molecule has 7 rings (SSSR count). The second-order valence-electron chi connectivity index (χ2n) is 11.7. The van der Waals surface area contributed by atoms with Gasteiger partial charge in [0.25, 0.3) is 0 Å². The van der Waals surface area contributed by atoms with Gasteiger partial charge in [-0.2, -0.15) is 5.26 Å². The number of nitrogens with zero attached hydrogens (tertiary/aromatic N) is 2. The summed E-state index contributed by atoms with van der Waals surface area (Å²) in [5.74, 6) is -2.25. The standard InChI is InChI=1S/C34H30N2O3S/c1-3-18-34-26(21-14-8-5-9-15-21)25(20-12-6-4-7-13-20)33(2,32(34)39)27-28(34)30(38)36(29(27)37)31-23(19-35)22-16-10-11-17-24(22)40-31/h4-9,12-15,27-28H,3,10-11,16-18H2,1-2H3/t27-,28+,33-,34-/m0/s1. The molecular weight excluding hydrogens is 516 g/mol. The van der Waals surface area contributed by atoms with E-state index in [0.717, 1.165) is 58.4 Å². The van der Waals surface area contributed by atoms with Crippen molar-refractivity contribution in [2.45, 2.75) is 52.4 Å². The van der Waals surface area contributed by atoms with Gasteiger partial charge < -0.3 is 0 Å². The van der Waals surface area contributed by atoms with Crippen LogP contribution in [0.25, 0.3) is 11.1 Å². The number of fused-ring (bicyclic) bond motifs is 6. The Kier molecular flexibility index (Phi) is 5.56. The van der Waals surface area contributed by atoms with Crippen molar-refractivity contribution in [2.24, 2.45) is 22.7 Å². The van der Waals surface area contributed by atoms with Crippen molar-refractivity contribution >= 4 is 45.1 Å². The van der Waals surface area contributed by atoms with E-state index in [9.17, 15) is 19.6 Å². The molecule has 200 valence electrons. The van der Waals surface area contributed by atoms with Crippen LogP contribution in [-0.2, 0) is 27.2 Å². The minimum atomic E-state index is -1.16. The number of carbonyl (C=O) groups excluding carboxylic acids is 3. The normalized spacial score (nSPS) is 28.7. The van der Waals surface area contributed by atoms with Crippen LogP contribution < -0.4 is 4.90 Å². The van der Waals surface area contributed by atoms with E-state index in [1.54, 1.807) is 0 Å². The first-order chi connectivity index (χ1) is 19.4. The third kappa shape index (κ3) is 2.94. The molecule has 1 saturated heterocycles. The van der Waals surface area contributed by atoms with Crippen LogP contribution in [0.5, 0.6) is 0 Å². The lowest BCUT2D eigenvalue weighted by Crippen LogP contribution is -2.41. The zero-order chi connectivity index (χ0) is 27.8. The molecule has 2 heterocycles. The van der Waals surface area contributed by atoms with Gasteiger partial charge in [-0.05, 0) is 66.9 Å². The summed E-state index contributed by atoms with van der Waals surface area (Å²) < 4.78 is 0. The molecule has 3 aromatic rings. The molecule has 6 heteroatoms. The van der Waals surface area contributed by atoms with Crippen LogP contribution in [0.2, 0.25) is 0 Å². The molecule has 4 atom stereocenters. The molecule has 5 nitrogen and oxygen atoms in total. The van der Waals surface area contributed by atoms with Gasteiger partial charge in [-0.3, -0.25) is 14.4 Å². The highest BCUT2D eigenvalue weighted by Gasteiger charge is 2.80. The lowest BCUT2D eigenvalue weighted by molar-refractivity contribution is -0.134. The van der Waals surface area contributed by atoms with Gasteiger partial charge in [0, 0.05) is 4.88 Å². The Balaban J connectivity index is 1.49. The highest BCUT2D eigenvalue weighted by atomic mass is 32.1. The van der Waals surface area contributed by atoms with E-state index < -0.39 is 22.7 Å². The number of thiophene rings is 1. The summed E-state index contributed by atoms with van der Waals surface area (Å²) in [5, 5.41) is 10.6. The van der Waals surface area contributed by atoms with E-state index >= 15 is 0 Å². The van der Waals surface area contributed by atoms with E-state index in [-0.39, 0.29) is 17.6 Å². The summed E-state index contributed by atoms with van der Waals surface area (Å²) in [7, 11) is 0. The van der Waals surface area contributed by atoms with Crippen LogP contribution in [0.4, 0.5) is 5.00 Å². The molecule has 3 aliphatic carbocycles. The van der Waals surface area contributed by atoms with Gasteiger partial charge in [-0.15, -0.1) is 11.3 Å². The predicted molar refractivity (Wildman–Crippen MR) is 155 cm³/mol. The van der Waals surface area contributed by atoms with E-state index in [1.165, 1.54) is 16.2 Å². The summed E-state index contributed by atoms with van der Waals surface area (Å²) in [6.07, 6.45) is 4.89. The second kappa shape index (κ2) is 8.84. The quantitative estimate of drug-likeness (QED) is 0.338. The first-order valence-electron chi connectivity index (χ1n) is 14.2. The third-order valence-electron chi connectivity index (χ3n) is 9.79. The average molecular weight is 547 g/mol. The summed E-state index contributed by atoms with van der Waals surface area (Å²) >= 11 is 1.42. The molecule has 1 aliphatic heterocycles. The van der Waals surface area contributed by atoms with Crippen molar-refractivity contribution in [3.05, 3.63) is 87.8 Å². The maximum atomic E-state index is 14.8. The Morgan fingerprint density at radius 3 is 2.12 bits per heavy atom. The number of amides is 2. The van der Waals surface area contributed by atoms with Crippen LogP contribution in [-0.4, -0.2) is 17.6 Å². The smallest absolute Gasteiger partial charge is 0.239 e. The van der Waals surface area contributed by atoms with E-state index in [0.29, 0.717) is 23.4 Å². The van der Waals surface area contributed by atoms with Crippen molar-refractivity contribution in [3.63, 3.8) is 0 Å². The molecule has 1 aromatic heterocycles. The van der Waals surface area contributed by atoms with Gasteiger partial charge in [0.2, 0.25) is 11.8 Å². The monoisotopic (exact) mass is 546 g/mol. The van der Waals surface area contributed by atoms with Gasteiger partial charge in [0.15, 0.2) is 5.78 Å². The van der Waals surface area contributed by atoms with Gasteiger partial charge in [-0.1, -0.05) is 74.0 Å². The molecule has 0 spiro atoms.